The Morgan fingerprint density at radius 3 is 2.21 bits per heavy atom. The number of carbonyl (C=O) groups is 2. The summed E-state index contributed by atoms with van der Waals surface area (Å²) in [4.78, 5) is 21.8. The van der Waals surface area contributed by atoms with Crippen LogP contribution in [-0.2, 0) is 19.1 Å². The van der Waals surface area contributed by atoms with Gasteiger partial charge >= 0.3 is 11.9 Å². The second-order valence-corrected chi connectivity index (χ2v) is 3.60. The van der Waals surface area contributed by atoms with Gasteiger partial charge < -0.3 is 9.47 Å². The van der Waals surface area contributed by atoms with Crippen LogP contribution in [0.4, 0.5) is 0 Å². The quantitative estimate of drug-likeness (QED) is 0.507. The topological polar surface area (TPSA) is 52.6 Å². The molecule has 0 heterocycles. The average molecular weight is 200 g/mol. The highest BCUT2D eigenvalue weighted by Crippen LogP contribution is 2.22. The molecule has 0 amide bonds. The van der Waals surface area contributed by atoms with Crippen LogP contribution in [0.25, 0.3) is 0 Å². The Morgan fingerprint density at radius 1 is 1.21 bits per heavy atom. The van der Waals surface area contributed by atoms with Gasteiger partial charge in [-0.1, -0.05) is 19.9 Å². The zero-order valence-corrected chi connectivity index (χ0v) is 8.99. The minimum atomic E-state index is -0.428. The predicted molar refractivity (Wildman–Crippen MR) is 51.6 cm³/mol. The molecule has 14 heavy (non-hydrogen) atoms. The molecule has 0 aromatic rings. The Morgan fingerprint density at radius 2 is 1.79 bits per heavy atom. The Balaban J connectivity index is 4.26. The van der Waals surface area contributed by atoms with Crippen LogP contribution in [0.5, 0.6) is 0 Å². The van der Waals surface area contributed by atoms with Gasteiger partial charge in [-0.25, -0.2) is 4.79 Å². The molecule has 0 saturated heterocycles. The standard InChI is InChI=1S/C10H16O4/c1-10(2,7-9(12)14-4)6-5-8(11)13-3/h5-6H,7H2,1-4H3/b6-5+. The van der Waals surface area contributed by atoms with Crippen molar-refractivity contribution in [3.8, 4) is 0 Å². The molecular formula is C10H16O4. The van der Waals surface area contributed by atoms with Gasteiger partial charge in [0, 0.05) is 6.08 Å². The van der Waals surface area contributed by atoms with Crippen LogP contribution in [0.2, 0.25) is 0 Å². The monoisotopic (exact) mass is 200 g/mol. The maximum absolute atomic E-state index is 11.0. The van der Waals surface area contributed by atoms with Gasteiger partial charge in [0.2, 0.25) is 0 Å². The van der Waals surface area contributed by atoms with Crippen LogP contribution in [0, 0.1) is 5.41 Å². The molecular weight excluding hydrogens is 184 g/mol. The van der Waals surface area contributed by atoms with Crippen LogP contribution in [-0.4, -0.2) is 26.2 Å². The van der Waals surface area contributed by atoms with Crippen LogP contribution in [0.1, 0.15) is 20.3 Å². The highest BCUT2D eigenvalue weighted by Gasteiger charge is 2.19. The fraction of sp³-hybridized carbons (Fsp3) is 0.600. The molecule has 0 rings (SSSR count). The van der Waals surface area contributed by atoms with Crippen LogP contribution in [0.3, 0.4) is 0 Å². The number of ether oxygens (including phenoxy) is 2. The van der Waals surface area contributed by atoms with E-state index in [-0.39, 0.29) is 12.4 Å². The van der Waals surface area contributed by atoms with Crippen molar-refractivity contribution in [2.45, 2.75) is 20.3 Å². The van der Waals surface area contributed by atoms with Crippen molar-refractivity contribution in [2.24, 2.45) is 5.41 Å². The van der Waals surface area contributed by atoms with Gasteiger partial charge in [-0.05, 0) is 5.41 Å². The first-order valence-electron chi connectivity index (χ1n) is 4.25. The third kappa shape index (κ3) is 5.35. The summed E-state index contributed by atoms with van der Waals surface area (Å²) < 4.78 is 8.97. The lowest BCUT2D eigenvalue weighted by molar-refractivity contribution is -0.142. The summed E-state index contributed by atoms with van der Waals surface area (Å²) in [5.74, 6) is -0.729. The second kappa shape index (κ2) is 5.42. The van der Waals surface area contributed by atoms with Gasteiger partial charge in [0.15, 0.2) is 0 Å². The molecule has 0 aliphatic heterocycles. The molecule has 0 atom stereocenters. The molecule has 4 heteroatoms. The molecule has 0 spiro atoms. The molecule has 80 valence electrons. The van der Waals surface area contributed by atoms with Crippen LogP contribution < -0.4 is 0 Å². The summed E-state index contributed by atoms with van der Waals surface area (Å²) in [5.41, 5.74) is -0.402. The summed E-state index contributed by atoms with van der Waals surface area (Å²) in [6.45, 7) is 3.67. The van der Waals surface area contributed by atoms with E-state index in [1.165, 1.54) is 20.3 Å². The number of esters is 2. The lowest BCUT2D eigenvalue weighted by Gasteiger charge is -2.17. The fourth-order valence-corrected chi connectivity index (χ4v) is 0.865. The molecule has 0 aliphatic carbocycles. The predicted octanol–water partition coefficient (Wildman–Crippen LogP) is 1.30. The zero-order chi connectivity index (χ0) is 11.2. The van der Waals surface area contributed by atoms with Crippen molar-refractivity contribution in [1.82, 2.24) is 0 Å². The molecule has 0 aromatic heterocycles. The highest BCUT2D eigenvalue weighted by molar-refractivity contribution is 5.82. The van der Waals surface area contributed by atoms with Crippen molar-refractivity contribution < 1.29 is 19.1 Å². The SMILES string of the molecule is COC(=O)/C=C/C(C)(C)CC(=O)OC. The summed E-state index contributed by atoms with van der Waals surface area (Å²) >= 11 is 0. The summed E-state index contributed by atoms with van der Waals surface area (Å²) in [7, 11) is 2.64. The largest absolute Gasteiger partial charge is 0.469 e. The van der Waals surface area contributed by atoms with Gasteiger partial charge in [0.1, 0.15) is 0 Å². The van der Waals surface area contributed by atoms with Gasteiger partial charge in [-0.2, -0.15) is 0 Å². The van der Waals surface area contributed by atoms with E-state index < -0.39 is 11.4 Å². The molecule has 0 radical (unpaired) electrons. The van der Waals surface area contributed by atoms with E-state index in [2.05, 4.69) is 9.47 Å². The van der Waals surface area contributed by atoms with Crippen molar-refractivity contribution >= 4 is 11.9 Å². The van der Waals surface area contributed by atoms with E-state index in [1.54, 1.807) is 6.08 Å². The van der Waals surface area contributed by atoms with Gasteiger partial charge in [0.25, 0.3) is 0 Å². The van der Waals surface area contributed by atoms with Crippen molar-refractivity contribution in [2.75, 3.05) is 14.2 Å². The van der Waals surface area contributed by atoms with Gasteiger partial charge in [0.05, 0.1) is 20.6 Å². The number of methoxy groups -OCH3 is 2. The Bertz CT molecular complexity index is 241. The zero-order valence-electron chi connectivity index (χ0n) is 8.99. The highest BCUT2D eigenvalue weighted by atomic mass is 16.5. The van der Waals surface area contributed by atoms with E-state index in [0.29, 0.717) is 0 Å². The van der Waals surface area contributed by atoms with E-state index in [1.807, 2.05) is 13.8 Å². The first-order chi connectivity index (χ1) is 6.41. The normalized spacial score (nSPS) is 11.4. The number of allylic oxidation sites excluding steroid dienone is 1. The third-order valence-corrected chi connectivity index (χ3v) is 1.70. The van der Waals surface area contributed by atoms with Crippen LogP contribution >= 0.6 is 0 Å². The van der Waals surface area contributed by atoms with E-state index in [0.717, 1.165) is 0 Å². The molecule has 0 unspecified atom stereocenters. The maximum Gasteiger partial charge on any atom is 0.330 e. The number of carbonyl (C=O) groups excluding carboxylic acids is 2. The third-order valence-electron chi connectivity index (χ3n) is 1.70. The number of hydrogen-bond acceptors (Lipinski definition) is 4. The Hall–Kier alpha value is -1.32. The molecule has 0 fully saturated rings. The lowest BCUT2D eigenvalue weighted by atomic mass is 9.89. The summed E-state index contributed by atoms with van der Waals surface area (Å²) in [5, 5.41) is 0. The van der Waals surface area contributed by atoms with Crippen molar-refractivity contribution in [3.63, 3.8) is 0 Å². The summed E-state index contributed by atoms with van der Waals surface area (Å²) in [6.07, 6.45) is 3.18. The molecule has 0 saturated carbocycles. The molecule has 0 bridgehead atoms. The van der Waals surface area contributed by atoms with Crippen LogP contribution in [0.15, 0.2) is 12.2 Å². The van der Waals surface area contributed by atoms with Gasteiger partial charge in [-0.3, -0.25) is 4.79 Å². The molecule has 4 nitrogen and oxygen atoms in total. The average Bonchev–Trinajstić information content (AvgIpc) is 2.13. The number of hydrogen-bond donors (Lipinski definition) is 0. The van der Waals surface area contributed by atoms with Crippen molar-refractivity contribution in [1.29, 1.82) is 0 Å². The molecule has 0 aromatic carbocycles. The lowest BCUT2D eigenvalue weighted by Crippen LogP contribution is -2.16. The van der Waals surface area contributed by atoms with E-state index >= 15 is 0 Å². The van der Waals surface area contributed by atoms with Gasteiger partial charge in [-0.15, -0.1) is 0 Å². The first kappa shape index (κ1) is 12.7. The molecule has 0 aliphatic rings. The minimum absolute atomic E-state index is 0.233. The van der Waals surface area contributed by atoms with Crippen molar-refractivity contribution in [3.05, 3.63) is 12.2 Å². The second-order valence-electron chi connectivity index (χ2n) is 3.60. The van der Waals surface area contributed by atoms with E-state index in [9.17, 15) is 9.59 Å². The number of rotatable bonds is 4. The summed E-state index contributed by atoms with van der Waals surface area (Å²) in [6, 6.07) is 0. The smallest absolute Gasteiger partial charge is 0.330 e. The molecule has 0 N–H and O–H groups in total. The Kier molecular flexibility index (Phi) is 4.91. The minimum Gasteiger partial charge on any atom is -0.469 e. The maximum atomic E-state index is 11.0. The van der Waals surface area contributed by atoms with E-state index in [4.69, 9.17) is 0 Å². The first-order valence-corrected chi connectivity index (χ1v) is 4.25. The Labute approximate surface area is 83.9 Å². The fourth-order valence-electron chi connectivity index (χ4n) is 0.865.